The van der Waals surface area contributed by atoms with E-state index in [0.29, 0.717) is 0 Å². The Bertz CT molecular complexity index is 439. The van der Waals surface area contributed by atoms with E-state index in [0.717, 1.165) is 0 Å². The van der Waals surface area contributed by atoms with Crippen molar-refractivity contribution >= 4 is 17.8 Å². The van der Waals surface area contributed by atoms with Gasteiger partial charge in [0.05, 0.1) is 12.5 Å². The Labute approximate surface area is 136 Å². The molecule has 9 N–H and O–H groups in total. The fourth-order valence-electron chi connectivity index (χ4n) is 2.25. The van der Waals surface area contributed by atoms with Crippen LogP contribution in [0.15, 0.2) is 0 Å². The van der Waals surface area contributed by atoms with Gasteiger partial charge < -0.3 is 32.9 Å². The van der Waals surface area contributed by atoms with Crippen LogP contribution in [-0.4, -0.2) is 52.1 Å². The number of rotatable bonds is 8. The molecule has 0 aromatic heterocycles. The van der Waals surface area contributed by atoms with Gasteiger partial charge in [0.15, 0.2) is 0 Å². The summed E-state index contributed by atoms with van der Waals surface area (Å²) in [6, 6.07) is -2.73. The molecule has 0 rings (SSSR count). The summed E-state index contributed by atoms with van der Waals surface area (Å²) in [7, 11) is 0. The van der Waals surface area contributed by atoms with Gasteiger partial charge in [0.25, 0.3) is 0 Å². The van der Waals surface area contributed by atoms with Crippen molar-refractivity contribution in [3.05, 3.63) is 0 Å². The normalized spacial score (nSPS) is 15.0. The number of nitrogens with two attached hydrogens (primary N) is 3. The predicted octanol–water partition coefficient (Wildman–Crippen LogP) is -1.75. The minimum atomic E-state index is -1.32. The van der Waals surface area contributed by atoms with Crippen molar-refractivity contribution in [3.8, 4) is 0 Å². The van der Waals surface area contributed by atoms with Crippen molar-refractivity contribution in [3.63, 3.8) is 0 Å². The van der Waals surface area contributed by atoms with Crippen molar-refractivity contribution in [2.24, 2.45) is 17.2 Å². The van der Waals surface area contributed by atoms with Crippen molar-refractivity contribution in [1.29, 1.82) is 0 Å². The quantitative estimate of drug-likeness (QED) is 0.306. The first kappa shape index (κ1) is 21.3. The van der Waals surface area contributed by atoms with Gasteiger partial charge in [0.2, 0.25) is 11.8 Å². The Kier molecular flexibility index (Phi) is 7.14. The molecule has 9 heteroatoms. The van der Waals surface area contributed by atoms with Gasteiger partial charge in [-0.25, -0.2) is 0 Å². The molecule has 0 heterocycles. The van der Waals surface area contributed by atoms with Gasteiger partial charge >= 0.3 is 5.97 Å². The second-order valence-corrected chi connectivity index (χ2v) is 7.02. The lowest BCUT2D eigenvalue weighted by Crippen LogP contribution is -2.68. The minimum absolute atomic E-state index is 0.416. The van der Waals surface area contributed by atoms with E-state index in [2.05, 4.69) is 10.6 Å². The van der Waals surface area contributed by atoms with E-state index >= 15 is 0 Å². The highest BCUT2D eigenvalue weighted by Gasteiger charge is 2.38. The number of hydrogen-bond donors (Lipinski definition) is 6. The van der Waals surface area contributed by atoms with Crippen molar-refractivity contribution in [1.82, 2.24) is 10.6 Å². The maximum absolute atomic E-state index is 12.2. The number of carboxylic acid groups (broad SMARTS) is 1. The molecule has 134 valence electrons. The molecule has 0 aliphatic rings. The highest BCUT2D eigenvalue weighted by atomic mass is 16.4. The van der Waals surface area contributed by atoms with Crippen LogP contribution >= 0.6 is 0 Å². The molecule has 0 aromatic carbocycles. The summed E-state index contributed by atoms with van der Waals surface area (Å²) in [4.78, 5) is 34.5. The Hall–Kier alpha value is -1.71. The molecule has 0 aliphatic carbocycles. The van der Waals surface area contributed by atoms with Crippen molar-refractivity contribution < 1.29 is 19.5 Å². The van der Waals surface area contributed by atoms with E-state index in [1.165, 1.54) is 6.92 Å². The average molecular weight is 331 g/mol. The van der Waals surface area contributed by atoms with E-state index in [1.807, 2.05) is 0 Å². The first-order valence-electron chi connectivity index (χ1n) is 7.32. The lowest BCUT2D eigenvalue weighted by molar-refractivity contribution is -0.140. The zero-order chi connectivity index (χ0) is 18.6. The molecule has 0 fully saturated rings. The highest BCUT2D eigenvalue weighted by Crippen LogP contribution is 2.16. The molecule has 0 unspecified atom stereocenters. The molecular formula is C14H29N5O4. The average Bonchev–Trinajstić information content (AvgIpc) is 2.31. The van der Waals surface area contributed by atoms with Crippen molar-refractivity contribution in [2.75, 3.05) is 0 Å². The van der Waals surface area contributed by atoms with Crippen LogP contribution in [0.1, 0.15) is 41.0 Å². The molecule has 2 amide bonds. The monoisotopic (exact) mass is 331 g/mol. The summed E-state index contributed by atoms with van der Waals surface area (Å²) in [5, 5.41) is 13.8. The van der Waals surface area contributed by atoms with Gasteiger partial charge in [-0.2, -0.15) is 0 Å². The number of carboxylic acids is 1. The lowest BCUT2D eigenvalue weighted by atomic mass is 9.82. The standard InChI is InChI=1S/C14H29N5O4/c1-7(18-9(20)6-8(15)11(22)23)10(21)19-12(13(2,3)16)14(4,5)17/h7-8,12H,6,15-17H2,1-5H3,(H,18,20)(H,19,21)(H,22,23)/t7-,8-/m1/s1. The molecule has 2 atom stereocenters. The molecule has 0 saturated heterocycles. The van der Waals surface area contributed by atoms with E-state index in [9.17, 15) is 14.4 Å². The van der Waals surface area contributed by atoms with E-state index in [1.54, 1.807) is 27.7 Å². The number of aliphatic carboxylic acids is 1. The molecule has 0 aliphatic heterocycles. The molecule has 0 bridgehead atoms. The third-order valence-electron chi connectivity index (χ3n) is 3.27. The molecule has 0 spiro atoms. The van der Waals surface area contributed by atoms with E-state index in [4.69, 9.17) is 22.3 Å². The fraction of sp³-hybridized carbons (Fsp3) is 0.786. The first-order valence-corrected chi connectivity index (χ1v) is 7.32. The van der Waals surface area contributed by atoms with E-state index < -0.39 is 53.4 Å². The summed E-state index contributed by atoms with van der Waals surface area (Å²) in [5.41, 5.74) is 15.8. The molecule has 9 nitrogen and oxygen atoms in total. The third-order valence-corrected chi connectivity index (χ3v) is 3.27. The summed E-state index contributed by atoms with van der Waals surface area (Å²) in [5.74, 6) is -2.38. The zero-order valence-electron chi connectivity index (χ0n) is 14.3. The molecule has 23 heavy (non-hydrogen) atoms. The lowest BCUT2D eigenvalue weighted by Gasteiger charge is -2.41. The zero-order valence-corrected chi connectivity index (χ0v) is 14.3. The van der Waals surface area contributed by atoms with Crippen LogP contribution in [0, 0.1) is 0 Å². The van der Waals surface area contributed by atoms with Gasteiger partial charge in [-0.05, 0) is 34.6 Å². The van der Waals surface area contributed by atoms with Crippen molar-refractivity contribution in [2.45, 2.75) is 70.2 Å². The van der Waals surface area contributed by atoms with Gasteiger partial charge in [0, 0.05) is 11.1 Å². The van der Waals surface area contributed by atoms with Crippen LogP contribution in [0.5, 0.6) is 0 Å². The second kappa shape index (κ2) is 7.71. The number of amides is 2. The SMILES string of the molecule is C[C@@H](NC(=O)C[C@@H](N)C(=O)O)C(=O)NC(C(C)(C)N)C(C)(C)N. The molecule has 0 aromatic rings. The largest absolute Gasteiger partial charge is 0.480 e. The first-order chi connectivity index (χ1) is 10.2. The number of carbonyl (C=O) groups excluding carboxylic acids is 2. The molecule has 0 radical (unpaired) electrons. The second-order valence-electron chi connectivity index (χ2n) is 7.02. The third kappa shape index (κ3) is 7.40. The smallest absolute Gasteiger partial charge is 0.321 e. The van der Waals surface area contributed by atoms with Gasteiger partial charge in [-0.1, -0.05) is 0 Å². The van der Waals surface area contributed by atoms with Gasteiger partial charge in [0.1, 0.15) is 12.1 Å². The van der Waals surface area contributed by atoms with Crippen LogP contribution in [-0.2, 0) is 14.4 Å². The number of hydrogen-bond acceptors (Lipinski definition) is 6. The fourth-order valence-corrected chi connectivity index (χ4v) is 2.25. The predicted molar refractivity (Wildman–Crippen MR) is 86.3 cm³/mol. The Morgan fingerprint density at radius 2 is 1.48 bits per heavy atom. The van der Waals surface area contributed by atoms with Gasteiger partial charge in [-0.15, -0.1) is 0 Å². The molecular weight excluding hydrogens is 302 g/mol. The number of carbonyl (C=O) groups is 3. The minimum Gasteiger partial charge on any atom is -0.480 e. The topological polar surface area (TPSA) is 174 Å². The Morgan fingerprint density at radius 3 is 1.83 bits per heavy atom. The summed E-state index contributed by atoms with van der Waals surface area (Å²) < 4.78 is 0. The summed E-state index contributed by atoms with van der Waals surface area (Å²) in [6.07, 6.45) is -0.416. The van der Waals surface area contributed by atoms with Crippen LogP contribution in [0.25, 0.3) is 0 Å². The highest BCUT2D eigenvalue weighted by molar-refractivity contribution is 5.89. The summed E-state index contributed by atoms with van der Waals surface area (Å²) >= 11 is 0. The maximum Gasteiger partial charge on any atom is 0.321 e. The molecule has 0 saturated carbocycles. The summed E-state index contributed by atoms with van der Waals surface area (Å²) in [6.45, 7) is 8.43. The maximum atomic E-state index is 12.2. The number of nitrogens with one attached hydrogen (secondary N) is 2. The Morgan fingerprint density at radius 1 is 1.04 bits per heavy atom. The Balaban J connectivity index is 4.77. The van der Waals surface area contributed by atoms with Gasteiger partial charge in [-0.3, -0.25) is 14.4 Å². The van der Waals surface area contributed by atoms with E-state index in [-0.39, 0.29) is 0 Å². The van der Waals surface area contributed by atoms with Crippen LogP contribution < -0.4 is 27.8 Å². The van der Waals surface area contributed by atoms with Crippen LogP contribution in [0.2, 0.25) is 0 Å². The van der Waals surface area contributed by atoms with Crippen LogP contribution in [0.3, 0.4) is 0 Å². The van der Waals surface area contributed by atoms with Crippen LogP contribution in [0.4, 0.5) is 0 Å².